The number of rotatable bonds is 4. The summed E-state index contributed by atoms with van der Waals surface area (Å²) >= 11 is 0. The van der Waals surface area contributed by atoms with Crippen molar-refractivity contribution in [3.8, 4) is 5.75 Å². The van der Waals surface area contributed by atoms with Gasteiger partial charge in [0.15, 0.2) is 0 Å². The molecule has 1 heterocycles. The summed E-state index contributed by atoms with van der Waals surface area (Å²) in [4.78, 5) is 18.0. The second-order valence-electron chi connectivity index (χ2n) is 5.28. The Labute approximate surface area is 145 Å². The van der Waals surface area contributed by atoms with Crippen LogP contribution in [0.1, 0.15) is 16.2 Å². The number of nitrogens with one attached hydrogen (secondary N) is 1. The average Bonchev–Trinajstić information content (AvgIpc) is 2.60. The van der Waals surface area contributed by atoms with Crippen molar-refractivity contribution in [1.82, 2.24) is 9.97 Å². The normalized spacial score (nSPS) is 11.4. The van der Waals surface area contributed by atoms with Crippen molar-refractivity contribution in [2.75, 3.05) is 12.4 Å². The molecule has 2 N–H and O–H groups in total. The highest BCUT2D eigenvalue weighted by atomic mass is 19.4. The van der Waals surface area contributed by atoms with Crippen molar-refractivity contribution in [3.05, 3.63) is 53.9 Å². The van der Waals surface area contributed by atoms with Gasteiger partial charge < -0.3 is 15.2 Å². The molecule has 0 bridgehead atoms. The zero-order chi connectivity index (χ0) is 18.9. The molecule has 0 atom stereocenters. The lowest BCUT2D eigenvalue weighted by Crippen LogP contribution is -2.12. The molecular weight excluding hydrogens is 351 g/mol. The third-order valence-electron chi connectivity index (χ3n) is 3.55. The van der Waals surface area contributed by atoms with Gasteiger partial charge in [0.2, 0.25) is 5.82 Å². The first-order valence-electron chi connectivity index (χ1n) is 7.31. The number of nitrogens with zero attached hydrogens (tertiary/aromatic N) is 2. The van der Waals surface area contributed by atoms with Gasteiger partial charge in [0, 0.05) is 17.1 Å². The van der Waals surface area contributed by atoms with Crippen molar-refractivity contribution >= 4 is 28.4 Å². The van der Waals surface area contributed by atoms with Gasteiger partial charge in [0.1, 0.15) is 11.6 Å². The summed E-state index contributed by atoms with van der Waals surface area (Å²) in [6, 6.07) is 10.1. The molecular formula is C17H12F3N3O3. The summed E-state index contributed by atoms with van der Waals surface area (Å²) in [6.07, 6.45) is -4.72. The van der Waals surface area contributed by atoms with Crippen LogP contribution in [0.2, 0.25) is 0 Å². The highest BCUT2D eigenvalue weighted by Gasteiger charge is 2.35. The highest BCUT2D eigenvalue weighted by Crippen LogP contribution is 2.32. The van der Waals surface area contributed by atoms with Gasteiger partial charge in [-0.25, -0.2) is 14.8 Å². The van der Waals surface area contributed by atoms with Crippen LogP contribution in [0.25, 0.3) is 10.9 Å². The van der Waals surface area contributed by atoms with Crippen LogP contribution in [-0.4, -0.2) is 28.2 Å². The lowest BCUT2D eigenvalue weighted by atomic mass is 10.2. The zero-order valence-corrected chi connectivity index (χ0v) is 13.3. The number of aromatic nitrogens is 2. The van der Waals surface area contributed by atoms with Gasteiger partial charge in [0.25, 0.3) is 0 Å². The number of fused-ring (bicyclic) bond motifs is 1. The molecule has 0 aliphatic heterocycles. The van der Waals surface area contributed by atoms with E-state index < -0.39 is 18.0 Å². The molecule has 0 spiro atoms. The summed E-state index contributed by atoms with van der Waals surface area (Å²) < 4.78 is 44.4. The Bertz CT molecular complexity index is 973. The van der Waals surface area contributed by atoms with Gasteiger partial charge in [-0.05, 0) is 36.4 Å². The molecule has 0 saturated heterocycles. The topological polar surface area (TPSA) is 84.3 Å². The molecule has 0 fully saturated rings. The SMILES string of the molecule is COc1ccc2c(Nc3ccc(C(=O)O)cc3)nc(C(F)(F)F)nc2c1. The molecule has 134 valence electrons. The molecule has 0 amide bonds. The summed E-state index contributed by atoms with van der Waals surface area (Å²) in [6.45, 7) is 0. The van der Waals surface area contributed by atoms with E-state index in [1.807, 2.05) is 0 Å². The van der Waals surface area contributed by atoms with Crippen LogP contribution in [0.4, 0.5) is 24.7 Å². The fourth-order valence-electron chi connectivity index (χ4n) is 2.29. The van der Waals surface area contributed by atoms with Crippen LogP contribution in [0.3, 0.4) is 0 Å². The van der Waals surface area contributed by atoms with Crippen molar-refractivity contribution < 1.29 is 27.8 Å². The largest absolute Gasteiger partial charge is 0.497 e. The maximum atomic E-state index is 13.1. The molecule has 3 aromatic rings. The van der Waals surface area contributed by atoms with Gasteiger partial charge in [-0.3, -0.25) is 0 Å². The Morgan fingerprint density at radius 1 is 1.12 bits per heavy atom. The average molecular weight is 363 g/mol. The number of carboxylic acids is 1. The first kappa shape index (κ1) is 17.5. The van der Waals surface area contributed by atoms with E-state index in [2.05, 4.69) is 15.3 Å². The van der Waals surface area contributed by atoms with Gasteiger partial charge in [-0.1, -0.05) is 0 Å². The number of carbonyl (C=O) groups is 1. The van der Waals surface area contributed by atoms with Crippen LogP contribution >= 0.6 is 0 Å². The minimum absolute atomic E-state index is 0.0481. The van der Waals surface area contributed by atoms with E-state index in [1.165, 1.54) is 37.4 Å². The summed E-state index contributed by atoms with van der Waals surface area (Å²) in [5.74, 6) is -2.08. The fourth-order valence-corrected chi connectivity index (χ4v) is 2.29. The standard InChI is InChI=1S/C17H12F3N3O3/c1-26-11-6-7-12-13(8-11)22-16(17(18,19)20)23-14(12)21-10-4-2-9(3-5-10)15(24)25/h2-8H,1H3,(H,24,25)(H,21,22,23). The Hall–Kier alpha value is -3.36. The third kappa shape index (κ3) is 3.51. The number of halogens is 3. The molecule has 1 aromatic heterocycles. The number of hydrogen-bond donors (Lipinski definition) is 2. The Kier molecular flexibility index (Phi) is 4.37. The van der Waals surface area contributed by atoms with E-state index in [1.54, 1.807) is 12.1 Å². The van der Waals surface area contributed by atoms with Crippen molar-refractivity contribution in [2.45, 2.75) is 6.18 Å². The summed E-state index contributed by atoms with van der Waals surface area (Å²) in [7, 11) is 1.40. The third-order valence-corrected chi connectivity index (χ3v) is 3.55. The Morgan fingerprint density at radius 2 is 1.81 bits per heavy atom. The number of methoxy groups -OCH3 is 1. The smallest absolute Gasteiger partial charge is 0.451 e. The fraction of sp³-hybridized carbons (Fsp3) is 0.118. The minimum atomic E-state index is -4.72. The first-order valence-corrected chi connectivity index (χ1v) is 7.31. The predicted molar refractivity (Wildman–Crippen MR) is 87.8 cm³/mol. The second kappa shape index (κ2) is 6.51. The van der Waals surface area contributed by atoms with Crippen LogP contribution in [0.15, 0.2) is 42.5 Å². The van der Waals surface area contributed by atoms with E-state index in [0.717, 1.165) is 0 Å². The number of anilines is 2. The Morgan fingerprint density at radius 3 is 2.38 bits per heavy atom. The van der Waals surface area contributed by atoms with Crippen LogP contribution < -0.4 is 10.1 Å². The molecule has 26 heavy (non-hydrogen) atoms. The lowest BCUT2D eigenvalue weighted by molar-refractivity contribution is -0.144. The zero-order valence-electron chi connectivity index (χ0n) is 13.3. The van der Waals surface area contributed by atoms with Crippen LogP contribution in [0.5, 0.6) is 5.75 Å². The first-order chi connectivity index (χ1) is 12.3. The molecule has 0 aliphatic carbocycles. The molecule has 0 saturated carbocycles. The molecule has 3 rings (SSSR count). The van der Waals surface area contributed by atoms with E-state index >= 15 is 0 Å². The predicted octanol–water partition coefficient (Wildman–Crippen LogP) is 4.10. The number of ether oxygens (including phenoxy) is 1. The monoisotopic (exact) mass is 363 g/mol. The number of hydrogen-bond acceptors (Lipinski definition) is 5. The molecule has 2 aromatic carbocycles. The Balaban J connectivity index is 2.09. The van der Waals surface area contributed by atoms with E-state index in [0.29, 0.717) is 16.8 Å². The van der Waals surface area contributed by atoms with Crippen molar-refractivity contribution in [1.29, 1.82) is 0 Å². The highest BCUT2D eigenvalue weighted by molar-refractivity contribution is 5.92. The van der Waals surface area contributed by atoms with E-state index in [9.17, 15) is 18.0 Å². The quantitative estimate of drug-likeness (QED) is 0.726. The molecule has 0 radical (unpaired) electrons. The maximum Gasteiger partial charge on any atom is 0.451 e. The van der Waals surface area contributed by atoms with Gasteiger partial charge in [0.05, 0.1) is 18.2 Å². The lowest BCUT2D eigenvalue weighted by Gasteiger charge is -2.13. The minimum Gasteiger partial charge on any atom is -0.497 e. The van der Waals surface area contributed by atoms with E-state index in [-0.39, 0.29) is 16.9 Å². The maximum absolute atomic E-state index is 13.1. The van der Waals surface area contributed by atoms with Gasteiger partial charge in [-0.15, -0.1) is 0 Å². The molecule has 0 aliphatic rings. The number of benzene rings is 2. The molecule has 6 nitrogen and oxygen atoms in total. The number of carboxylic acid groups (broad SMARTS) is 1. The van der Waals surface area contributed by atoms with Crippen LogP contribution in [-0.2, 0) is 6.18 Å². The number of alkyl halides is 3. The number of aromatic carboxylic acids is 1. The second-order valence-corrected chi connectivity index (χ2v) is 5.28. The van der Waals surface area contributed by atoms with Crippen molar-refractivity contribution in [3.63, 3.8) is 0 Å². The molecule has 9 heteroatoms. The summed E-state index contributed by atoms with van der Waals surface area (Å²) in [5.41, 5.74) is 0.513. The van der Waals surface area contributed by atoms with Gasteiger partial charge in [-0.2, -0.15) is 13.2 Å². The summed E-state index contributed by atoms with van der Waals surface area (Å²) in [5, 5.41) is 12.0. The van der Waals surface area contributed by atoms with E-state index in [4.69, 9.17) is 9.84 Å². The van der Waals surface area contributed by atoms with Crippen LogP contribution in [0, 0.1) is 0 Å². The molecule has 0 unspecified atom stereocenters. The van der Waals surface area contributed by atoms with Crippen molar-refractivity contribution in [2.24, 2.45) is 0 Å². The van der Waals surface area contributed by atoms with Gasteiger partial charge >= 0.3 is 12.1 Å².